The highest BCUT2D eigenvalue weighted by Gasteiger charge is 2.16. The van der Waals surface area contributed by atoms with E-state index in [1.165, 1.54) is 5.56 Å². The summed E-state index contributed by atoms with van der Waals surface area (Å²) < 4.78 is 5.75. The maximum atomic E-state index is 12.2. The Balaban J connectivity index is 2.46. The van der Waals surface area contributed by atoms with Crippen LogP contribution in [0.2, 0.25) is 0 Å². The number of carbonyl (C=O) groups is 1. The summed E-state index contributed by atoms with van der Waals surface area (Å²) in [4.78, 5) is 14.5. The van der Waals surface area contributed by atoms with Crippen LogP contribution in [0.3, 0.4) is 0 Å². The third-order valence-corrected chi connectivity index (χ3v) is 4.24. The third-order valence-electron chi connectivity index (χ3n) is 4.24. The van der Waals surface area contributed by atoms with Crippen LogP contribution < -0.4 is 10.1 Å². The molecule has 1 aromatic rings. The summed E-state index contributed by atoms with van der Waals surface area (Å²) in [5.41, 5.74) is 1.36. The Bertz CT molecular complexity index is 503. The van der Waals surface area contributed by atoms with Crippen molar-refractivity contribution in [1.82, 2.24) is 10.2 Å². The van der Waals surface area contributed by atoms with E-state index in [2.05, 4.69) is 63.9 Å². The van der Waals surface area contributed by atoms with E-state index in [1.807, 2.05) is 12.1 Å². The number of likely N-dealkylation sites (N-methyl/N-ethyl adjacent to an activating group) is 1. The molecule has 0 radical (unpaired) electrons. The van der Waals surface area contributed by atoms with Crippen LogP contribution in [0, 0.1) is 0 Å². The third kappa shape index (κ3) is 6.52. The van der Waals surface area contributed by atoms with E-state index in [9.17, 15) is 4.79 Å². The maximum Gasteiger partial charge on any atom is 0.260 e. The van der Waals surface area contributed by atoms with Crippen molar-refractivity contribution >= 4 is 5.91 Å². The number of carbonyl (C=O) groups excluding carboxylic acids is 1. The van der Waals surface area contributed by atoms with Crippen molar-refractivity contribution in [2.75, 3.05) is 19.6 Å². The molecule has 4 heteroatoms. The molecule has 136 valence electrons. The van der Waals surface area contributed by atoms with Gasteiger partial charge in [0, 0.05) is 19.1 Å². The van der Waals surface area contributed by atoms with Crippen LogP contribution in [-0.4, -0.2) is 42.6 Å². The molecule has 1 unspecified atom stereocenters. The Morgan fingerprint density at radius 3 is 2.21 bits per heavy atom. The molecule has 24 heavy (non-hydrogen) atoms. The maximum absolute atomic E-state index is 12.2. The zero-order valence-electron chi connectivity index (χ0n) is 16.3. The van der Waals surface area contributed by atoms with Gasteiger partial charge < -0.3 is 10.1 Å². The first-order valence-electron chi connectivity index (χ1n) is 8.94. The lowest BCUT2D eigenvalue weighted by Crippen LogP contribution is -2.42. The van der Waals surface area contributed by atoms with Gasteiger partial charge in [0.2, 0.25) is 0 Å². The lowest BCUT2D eigenvalue weighted by Gasteiger charge is -2.25. The number of nitrogens with zero attached hydrogens (tertiary/aromatic N) is 1. The largest absolute Gasteiger partial charge is 0.481 e. The fourth-order valence-corrected chi connectivity index (χ4v) is 2.54. The first kappa shape index (κ1) is 20.5. The number of ether oxygens (including phenoxy) is 1. The Morgan fingerprint density at radius 2 is 1.75 bits per heavy atom. The Hall–Kier alpha value is -1.55. The van der Waals surface area contributed by atoms with Gasteiger partial charge >= 0.3 is 0 Å². The SMILES string of the molecule is CCN(CCNC(=O)C(C)Oc1ccc(C(C)(C)C)cc1)C(C)C. The molecular weight excluding hydrogens is 300 g/mol. The van der Waals surface area contributed by atoms with E-state index in [1.54, 1.807) is 6.92 Å². The number of hydrogen-bond acceptors (Lipinski definition) is 3. The topological polar surface area (TPSA) is 41.6 Å². The van der Waals surface area contributed by atoms with Crippen molar-refractivity contribution < 1.29 is 9.53 Å². The van der Waals surface area contributed by atoms with E-state index in [4.69, 9.17) is 4.74 Å². The molecule has 1 atom stereocenters. The first-order chi connectivity index (χ1) is 11.1. The molecule has 1 amide bonds. The Morgan fingerprint density at radius 1 is 1.17 bits per heavy atom. The van der Waals surface area contributed by atoms with Gasteiger partial charge in [-0.15, -0.1) is 0 Å². The van der Waals surface area contributed by atoms with Gasteiger partial charge in [0.1, 0.15) is 5.75 Å². The van der Waals surface area contributed by atoms with Crippen molar-refractivity contribution in [3.63, 3.8) is 0 Å². The molecular formula is C20H34N2O2. The molecule has 0 aliphatic carbocycles. The summed E-state index contributed by atoms with van der Waals surface area (Å²) in [6, 6.07) is 8.47. The molecule has 4 nitrogen and oxygen atoms in total. The van der Waals surface area contributed by atoms with Gasteiger partial charge in [-0.05, 0) is 50.4 Å². The fourth-order valence-electron chi connectivity index (χ4n) is 2.54. The number of hydrogen-bond donors (Lipinski definition) is 1. The van der Waals surface area contributed by atoms with Crippen molar-refractivity contribution in [3.8, 4) is 5.75 Å². The van der Waals surface area contributed by atoms with E-state index < -0.39 is 6.10 Å². The van der Waals surface area contributed by atoms with Crippen LogP contribution in [0.15, 0.2) is 24.3 Å². The van der Waals surface area contributed by atoms with Crippen LogP contribution in [0.1, 0.15) is 54.0 Å². The minimum Gasteiger partial charge on any atom is -0.481 e. The monoisotopic (exact) mass is 334 g/mol. The number of rotatable bonds is 8. The molecule has 1 aromatic carbocycles. The summed E-state index contributed by atoms with van der Waals surface area (Å²) in [6.07, 6.45) is -0.500. The van der Waals surface area contributed by atoms with Gasteiger partial charge in [-0.25, -0.2) is 0 Å². The summed E-state index contributed by atoms with van der Waals surface area (Å²) >= 11 is 0. The van der Waals surface area contributed by atoms with Gasteiger partial charge in [-0.2, -0.15) is 0 Å². The molecule has 0 bridgehead atoms. The zero-order chi connectivity index (χ0) is 18.3. The van der Waals surface area contributed by atoms with E-state index >= 15 is 0 Å². The highest BCUT2D eigenvalue weighted by Crippen LogP contribution is 2.24. The molecule has 0 heterocycles. The summed E-state index contributed by atoms with van der Waals surface area (Å²) in [7, 11) is 0. The highest BCUT2D eigenvalue weighted by atomic mass is 16.5. The van der Waals surface area contributed by atoms with Gasteiger partial charge in [-0.1, -0.05) is 39.8 Å². The molecule has 0 saturated carbocycles. The first-order valence-corrected chi connectivity index (χ1v) is 8.94. The molecule has 0 aliphatic rings. The average Bonchev–Trinajstić information content (AvgIpc) is 2.50. The van der Waals surface area contributed by atoms with Gasteiger partial charge in [0.25, 0.3) is 5.91 Å². The summed E-state index contributed by atoms with van der Waals surface area (Å²) in [5.74, 6) is 0.651. The van der Waals surface area contributed by atoms with E-state index in [-0.39, 0.29) is 11.3 Å². The zero-order valence-corrected chi connectivity index (χ0v) is 16.3. The van der Waals surface area contributed by atoms with Crippen LogP contribution >= 0.6 is 0 Å². The van der Waals surface area contributed by atoms with E-state index in [0.717, 1.165) is 18.8 Å². The number of benzene rings is 1. The minimum absolute atomic E-state index is 0.0743. The van der Waals surface area contributed by atoms with Crippen molar-refractivity contribution in [2.45, 2.75) is 66.0 Å². The predicted octanol–water partition coefficient (Wildman–Crippen LogP) is 3.60. The lowest BCUT2D eigenvalue weighted by molar-refractivity contribution is -0.127. The second-order valence-electron chi connectivity index (χ2n) is 7.55. The lowest BCUT2D eigenvalue weighted by atomic mass is 9.87. The molecule has 0 spiro atoms. The van der Waals surface area contributed by atoms with Crippen molar-refractivity contribution in [3.05, 3.63) is 29.8 Å². The van der Waals surface area contributed by atoms with Crippen LogP contribution in [0.25, 0.3) is 0 Å². The smallest absolute Gasteiger partial charge is 0.260 e. The van der Waals surface area contributed by atoms with Crippen LogP contribution in [-0.2, 0) is 10.2 Å². The average molecular weight is 335 g/mol. The van der Waals surface area contributed by atoms with Gasteiger partial charge in [-0.3, -0.25) is 9.69 Å². The second-order valence-corrected chi connectivity index (χ2v) is 7.55. The van der Waals surface area contributed by atoms with Crippen molar-refractivity contribution in [1.29, 1.82) is 0 Å². The predicted molar refractivity (Wildman–Crippen MR) is 101 cm³/mol. The Labute approximate surface area is 147 Å². The Kier molecular flexibility index (Phi) is 7.74. The molecule has 1 rings (SSSR count). The van der Waals surface area contributed by atoms with Crippen LogP contribution in [0.5, 0.6) is 5.75 Å². The molecule has 0 aliphatic heterocycles. The second kappa shape index (κ2) is 9.07. The molecule has 0 saturated heterocycles. The fraction of sp³-hybridized carbons (Fsp3) is 0.650. The normalized spacial score (nSPS) is 13.2. The molecule has 0 fully saturated rings. The summed E-state index contributed by atoms with van der Waals surface area (Å²) in [6.45, 7) is 17.3. The minimum atomic E-state index is -0.500. The van der Waals surface area contributed by atoms with Crippen LogP contribution in [0.4, 0.5) is 0 Å². The van der Waals surface area contributed by atoms with Crippen molar-refractivity contribution in [2.24, 2.45) is 0 Å². The summed E-state index contributed by atoms with van der Waals surface area (Å²) in [5, 5.41) is 2.95. The van der Waals surface area contributed by atoms with Gasteiger partial charge in [0.05, 0.1) is 0 Å². The quantitative estimate of drug-likeness (QED) is 0.790. The molecule has 1 N–H and O–H groups in total. The van der Waals surface area contributed by atoms with Gasteiger partial charge in [0.15, 0.2) is 6.10 Å². The standard InChI is InChI=1S/C20H34N2O2/c1-8-22(15(2)3)14-13-21-19(23)16(4)24-18-11-9-17(10-12-18)20(5,6)7/h9-12,15-16H,8,13-14H2,1-7H3,(H,21,23). The highest BCUT2D eigenvalue weighted by molar-refractivity contribution is 5.80. The van der Waals surface area contributed by atoms with E-state index in [0.29, 0.717) is 12.6 Å². The number of amides is 1. The number of nitrogens with one attached hydrogen (secondary N) is 1. The molecule has 0 aromatic heterocycles.